The lowest BCUT2D eigenvalue weighted by Crippen LogP contribution is -2.58. The van der Waals surface area contributed by atoms with E-state index in [-0.39, 0.29) is 24.0 Å². The Morgan fingerprint density at radius 3 is 2.74 bits per heavy atom. The number of likely N-dealkylation sites (tertiary alicyclic amines) is 1. The van der Waals surface area contributed by atoms with Gasteiger partial charge in [0.1, 0.15) is 6.61 Å². The number of ether oxygens (including phenoxy) is 1. The molecule has 2 aromatic rings. The second kappa shape index (κ2) is 6.98. The molecule has 3 heterocycles. The van der Waals surface area contributed by atoms with Gasteiger partial charge in [-0.1, -0.05) is 11.6 Å². The molecule has 2 aliphatic rings. The number of carbonyl (C=O) groups excluding carboxylic acids is 2. The first-order chi connectivity index (χ1) is 13.0. The predicted octanol–water partition coefficient (Wildman–Crippen LogP) is 1.99. The molecule has 0 bridgehead atoms. The highest BCUT2D eigenvalue weighted by Gasteiger charge is 2.42. The van der Waals surface area contributed by atoms with Crippen molar-refractivity contribution in [2.45, 2.75) is 18.4 Å². The molecule has 2 fully saturated rings. The number of carbonyl (C=O) groups is 2. The van der Waals surface area contributed by atoms with Crippen molar-refractivity contribution < 1.29 is 14.3 Å². The molecule has 1 aromatic carbocycles. The standard InChI is InChI=1S/C19H21ClN4O3/c1-22-13-19(27-12-17(22)25)5-9-23(10-6-19)18(26)15-11-14(3-4-16(15)20)24-8-2-7-21-24/h2-4,7-8,11H,5-6,9-10,12-13H2,1H3. The average molecular weight is 389 g/mol. The van der Waals surface area contributed by atoms with Crippen LogP contribution in [0.1, 0.15) is 23.2 Å². The Morgan fingerprint density at radius 1 is 1.30 bits per heavy atom. The second-order valence-electron chi connectivity index (χ2n) is 7.13. The van der Waals surface area contributed by atoms with E-state index in [9.17, 15) is 9.59 Å². The zero-order valence-corrected chi connectivity index (χ0v) is 15.9. The Balaban J connectivity index is 1.48. The normalized spacial score (nSPS) is 19.6. The molecule has 27 heavy (non-hydrogen) atoms. The van der Waals surface area contributed by atoms with Gasteiger partial charge in [0.15, 0.2) is 0 Å². The minimum absolute atomic E-state index is 0.00125. The van der Waals surface area contributed by atoms with E-state index in [1.807, 2.05) is 18.3 Å². The summed E-state index contributed by atoms with van der Waals surface area (Å²) in [5.41, 5.74) is 0.912. The molecule has 4 rings (SSSR count). The summed E-state index contributed by atoms with van der Waals surface area (Å²) in [5.74, 6) is -0.0922. The lowest BCUT2D eigenvalue weighted by atomic mass is 9.89. The molecule has 0 N–H and O–H groups in total. The molecule has 2 aliphatic heterocycles. The van der Waals surface area contributed by atoms with Gasteiger partial charge in [-0.15, -0.1) is 0 Å². The number of benzene rings is 1. The lowest BCUT2D eigenvalue weighted by molar-refractivity contribution is -0.167. The largest absolute Gasteiger partial charge is 0.363 e. The molecule has 2 saturated heterocycles. The van der Waals surface area contributed by atoms with Crippen LogP contribution < -0.4 is 0 Å². The van der Waals surface area contributed by atoms with Crippen LogP contribution in [0.15, 0.2) is 36.7 Å². The summed E-state index contributed by atoms with van der Waals surface area (Å²) in [6, 6.07) is 7.15. The summed E-state index contributed by atoms with van der Waals surface area (Å²) in [7, 11) is 1.80. The van der Waals surface area contributed by atoms with Crippen LogP contribution in [0.2, 0.25) is 5.02 Å². The van der Waals surface area contributed by atoms with Crippen LogP contribution in [0, 0.1) is 0 Å². The van der Waals surface area contributed by atoms with Crippen LogP contribution in [0.5, 0.6) is 0 Å². The van der Waals surface area contributed by atoms with Gasteiger partial charge in [0, 0.05) is 39.1 Å². The Bertz CT molecular complexity index is 860. The number of hydrogen-bond donors (Lipinski definition) is 0. The van der Waals surface area contributed by atoms with Crippen molar-refractivity contribution in [3.8, 4) is 5.69 Å². The molecule has 0 radical (unpaired) electrons. The summed E-state index contributed by atoms with van der Waals surface area (Å²) < 4.78 is 7.54. The third-order valence-electron chi connectivity index (χ3n) is 5.36. The summed E-state index contributed by atoms with van der Waals surface area (Å²) in [6.45, 7) is 1.83. The molecule has 0 atom stereocenters. The first kappa shape index (κ1) is 18.0. The number of aromatic nitrogens is 2. The first-order valence-corrected chi connectivity index (χ1v) is 9.32. The fraction of sp³-hybridized carbons (Fsp3) is 0.421. The summed E-state index contributed by atoms with van der Waals surface area (Å²) in [5, 5.41) is 4.63. The van der Waals surface area contributed by atoms with Gasteiger partial charge in [-0.3, -0.25) is 9.59 Å². The van der Waals surface area contributed by atoms with E-state index < -0.39 is 0 Å². The number of likely N-dealkylation sites (N-methyl/N-ethyl adjacent to an activating group) is 1. The van der Waals surface area contributed by atoms with Gasteiger partial charge in [0.25, 0.3) is 5.91 Å². The van der Waals surface area contributed by atoms with Crippen molar-refractivity contribution in [3.05, 3.63) is 47.2 Å². The SMILES string of the molecule is CN1CC2(CCN(C(=O)c3cc(-n4cccn4)ccc3Cl)CC2)OCC1=O. The van der Waals surface area contributed by atoms with Gasteiger partial charge < -0.3 is 14.5 Å². The van der Waals surface area contributed by atoms with Crippen molar-refractivity contribution in [1.82, 2.24) is 19.6 Å². The maximum absolute atomic E-state index is 13.0. The van der Waals surface area contributed by atoms with Gasteiger partial charge in [0.05, 0.1) is 21.9 Å². The monoisotopic (exact) mass is 388 g/mol. The van der Waals surface area contributed by atoms with E-state index in [1.54, 1.807) is 39.9 Å². The summed E-state index contributed by atoms with van der Waals surface area (Å²) >= 11 is 6.30. The van der Waals surface area contributed by atoms with Crippen LogP contribution >= 0.6 is 11.6 Å². The number of halogens is 1. The molecule has 2 amide bonds. The number of piperidine rings is 1. The van der Waals surface area contributed by atoms with Crippen molar-refractivity contribution >= 4 is 23.4 Å². The number of amides is 2. The molecule has 7 nitrogen and oxygen atoms in total. The van der Waals surface area contributed by atoms with E-state index in [4.69, 9.17) is 16.3 Å². The van der Waals surface area contributed by atoms with E-state index >= 15 is 0 Å². The summed E-state index contributed by atoms with van der Waals surface area (Å²) in [4.78, 5) is 28.2. The number of hydrogen-bond acceptors (Lipinski definition) is 4. The van der Waals surface area contributed by atoms with Crippen LogP contribution in [0.25, 0.3) is 5.69 Å². The third kappa shape index (κ3) is 3.44. The highest BCUT2D eigenvalue weighted by atomic mass is 35.5. The Morgan fingerprint density at radius 2 is 2.07 bits per heavy atom. The van der Waals surface area contributed by atoms with Gasteiger partial charge in [0.2, 0.25) is 5.91 Å². The molecular weight excluding hydrogens is 368 g/mol. The molecule has 1 spiro atoms. The Kier molecular flexibility index (Phi) is 4.65. The zero-order valence-electron chi connectivity index (χ0n) is 15.1. The van der Waals surface area contributed by atoms with Crippen LogP contribution in [0.3, 0.4) is 0 Å². The van der Waals surface area contributed by atoms with Crippen molar-refractivity contribution in [1.29, 1.82) is 0 Å². The van der Waals surface area contributed by atoms with Crippen LogP contribution in [-0.2, 0) is 9.53 Å². The average Bonchev–Trinajstić information content (AvgIpc) is 3.20. The maximum Gasteiger partial charge on any atom is 0.255 e. The number of nitrogens with zero attached hydrogens (tertiary/aromatic N) is 4. The molecular formula is C19H21ClN4O3. The lowest BCUT2D eigenvalue weighted by Gasteiger charge is -2.46. The van der Waals surface area contributed by atoms with E-state index in [2.05, 4.69) is 5.10 Å². The van der Waals surface area contributed by atoms with Crippen molar-refractivity contribution in [2.24, 2.45) is 0 Å². The van der Waals surface area contributed by atoms with E-state index in [0.29, 0.717) is 43.1 Å². The predicted molar refractivity (Wildman–Crippen MR) is 100 cm³/mol. The molecule has 0 aliphatic carbocycles. The number of rotatable bonds is 2. The Labute approximate surface area is 162 Å². The molecule has 0 saturated carbocycles. The number of morpholine rings is 1. The van der Waals surface area contributed by atoms with Crippen molar-refractivity contribution in [2.75, 3.05) is 33.3 Å². The van der Waals surface area contributed by atoms with Gasteiger partial charge in [-0.2, -0.15) is 5.10 Å². The highest BCUT2D eigenvalue weighted by molar-refractivity contribution is 6.33. The molecule has 142 valence electrons. The molecule has 1 aromatic heterocycles. The van der Waals surface area contributed by atoms with Gasteiger partial charge in [-0.25, -0.2) is 4.68 Å². The smallest absolute Gasteiger partial charge is 0.255 e. The fourth-order valence-electron chi connectivity index (χ4n) is 3.72. The highest BCUT2D eigenvalue weighted by Crippen LogP contribution is 2.31. The first-order valence-electron chi connectivity index (χ1n) is 8.94. The zero-order chi connectivity index (χ0) is 19.0. The second-order valence-corrected chi connectivity index (χ2v) is 7.54. The van der Waals surface area contributed by atoms with E-state index in [1.165, 1.54) is 0 Å². The minimum atomic E-state index is -0.347. The minimum Gasteiger partial charge on any atom is -0.363 e. The topological polar surface area (TPSA) is 67.7 Å². The van der Waals surface area contributed by atoms with Crippen molar-refractivity contribution in [3.63, 3.8) is 0 Å². The van der Waals surface area contributed by atoms with Crippen LogP contribution in [-0.4, -0.2) is 70.3 Å². The maximum atomic E-state index is 13.0. The van der Waals surface area contributed by atoms with Gasteiger partial charge >= 0.3 is 0 Å². The fourth-order valence-corrected chi connectivity index (χ4v) is 3.92. The van der Waals surface area contributed by atoms with Gasteiger partial charge in [-0.05, 0) is 37.1 Å². The quantitative estimate of drug-likeness (QED) is 0.789. The molecule has 0 unspecified atom stereocenters. The molecule has 8 heteroatoms. The van der Waals surface area contributed by atoms with E-state index in [0.717, 1.165) is 5.69 Å². The van der Waals surface area contributed by atoms with Crippen LogP contribution in [0.4, 0.5) is 0 Å². The Hall–Kier alpha value is -2.38. The summed E-state index contributed by atoms with van der Waals surface area (Å²) in [6.07, 6.45) is 4.91. The third-order valence-corrected chi connectivity index (χ3v) is 5.69.